The third-order valence-electron chi connectivity index (χ3n) is 4.27. The fourth-order valence-electron chi connectivity index (χ4n) is 2.91. The van der Waals surface area contributed by atoms with Gasteiger partial charge in [0.1, 0.15) is 5.76 Å². The van der Waals surface area contributed by atoms with Gasteiger partial charge in [0.15, 0.2) is 0 Å². The molecule has 27 heavy (non-hydrogen) atoms. The van der Waals surface area contributed by atoms with Crippen LogP contribution in [0.25, 0.3) is 0 Å². The molecular formula is C21H19N3O2S. The SMILES string of the molecule is O=C(c1ccc(Cn2ccnc2)cc1)N(Cc1ccco1)Cc1cccs1. The monoisotopic (exact) mass is 377 g/mol. The molecule has 0 fully saturated rings. The van der Waals surface area contributed by atoms with Crippen LogP contribution >= 0.6 is 11.3 Å². The summed E-state index contributed by atoms with van der Waals surface area (Å²) < 4.78 is 7.44. The molecule has 0 bridgehead atoms. The maximum atomic E-state index is 13.1. The molecule has 0 saturated heterocycles. The average Bonchev–Trinajstić information content (AvgIpc) is 3.45. The van der Waals surface area contributed by atoms with Gasteiger partial charge >= 0.3 is 0 Å². The number of carbonyl (C=O) groups excluding carboxylic acids is 1. The molecule has 0 aliphatic carbocycles. The van der Waals surface area contributed by atoms with Crippen LogP contribution in [0.5, 0.6) is 0 Å². The van der Waals surface area contributed by atoms with Crippen LogP contribution in [0.1, 0.15) is 26.6 Å². The van der Waals surface area contributed by atoms with E-state index in [2.05, 4.69) is 4.98 Å². The van der Waals surface area contributed by atoms with E-state index in [1.54, 1.807) is 30.1 Å². The summed E-state index contributed by atoms with van der Waals surface area (Å²) >= 11 is 1.65. The van der Waals surface area contributed by atoms with Crippen LogP contribution in [0.2, 0.25) is 0 Å². The molecule has 0 unspecified atom stereocenters. The van der Waals surface area contributed by atoms with E-state index >= 15 is 0 Å². The smallest absolute Gasteiger partial charge is 0.254 e. The molecule has 5 nitrogen and oxygen atoms in total. The summed E-state index contributed by atoms with van der Waals surface area (Å²) in [4.78, 5) is 20.1. The topological polar surface area (TPSA) is 51.3 Å². The Morgan fingerprint density at radius 3 is 2.67 bits per heavy atom. The molecule has 0 N–H and O–H groups in total. The summed E-state index contributed by atoms with van der Waals surface area (Å²) in [7, 11) is 0. The minimum Gasteiger partial charge on any atom is -0.467 e. The molecule has 0 atom stereocenters. The zero-order chi connectivity index (χ0) is 18.5. The first-order chi connectivity index (χ1) is 13.3. The Kier molecular flexibility index (Phi) is 5.16. The predicted molar refractivity (Wildman–Crippen MR) is 104 cm³/mol. The zero-order valence-corrected chi connectivity index (χ0v) is 15.5. The van der Waals surface area contributed by atoms with Crippen molar-refractivity contribution in [3.63, 3.8) is 0 Å². The Morgan fingerprint density at radius 2 is 2.00 bits per heavy atom. The van der Waals surface area contributed by atoms with Crippen LogP contribution < -0.4 is 0 Å². The second-order valence-corrected chi connectivity index (χ2v) is 7.28. The molecule has 0 aliphatic heterocycles. The summed E-state index contributed by atoms with van der Waals surface area (Å²) in [5.41, 5.74) is 1.80. The van der Waals surface area contributed by atoms with Crippen molar-refractivity contribution in [1.82, 2.24) is 14.5 Å². The van der Waals surface area contributed by atoms with Crippen molar-refractivity contribution in [3.8, 4) is 0 Å². The van der Waals surface area contributed by atoms with Crippen molar-refractivity contribution in [2.75, 3.05) is 0 Å². The zero-order valence-electron chi connectivity index (χ0n) is 14.7. The van der Waals surface area contributed by atoms with Crippen molar-refractivity contribution < 1.29 is 9.21 Å². The molecule has 1 aromatic carbocycles. The van der Waals surface area contributed by atoms with Crippen LogP contribution in [0.15, 0.2) is 83.3 Å². The van der Waals surface area contributed by atoms with Crippen molar-refractivity contribution in [1.29, 1.82) is 0 Å². The first-order valence-electron chi connectivity index (χ1n) is 8.66. The van der Waals surface area contributed by atoms with Gasteiger partial charge in [-0.1, -0.05) is 18.2 Å². The van der Waals surface area contributed by atoms with Gasteiger partial charge in [-0.2, -0.15) is 0 Å². The van der Waals surface area contributed by atoms with Crippen molar-refractivity contribution in [3.05, 3.63) is 101 Å². The molecule has 6 heteroatoms. The molecule has 0 radical (unpaired) electrons. The summed E-state index contributed by atoms with van der Waals surface area (Å²) in [5, 5.41) is 2.02. The normalized spacial score (nSPS) is 10.8. The number of rotatable bonds is 7. The molecule has 4 rings (SSSR count). The summed E-state index contributed by atoms with van der Waals surface area (Å²) in [6.07, 6.45) is 7.10. The van der Waals surface area contributed by atoms with Gasteiger partial charge in [-0.05, 0) is 41.3 Å². The predicted octanol–water partition coefficient (Wildman–Crippen LogP) is 4.43. The Bertz CT molecular complexity index is 923. The average molecular weight is 377 g/mol. The highest BCUT2D eigenvalue weighted by atomic mass is 32.1. The van der Waals surface area contributed by atoms with Crippen LogP contribution in [-0.4, -0.2) is 20.4 Å². The molecule has 136 valence electrons. The number of aromatic nitrogens is 2. The van der Waals surface area contributed by atoms with Crippen LogP contribution in [0, 0.1) is 0 Å². The van der Waals surface area contributed by atoms with Crippen molar-refractivity contribution >= 4 is 17.2 Å². The van der Waals surface area contributed by atoms with Gasteiger partial charge in [0.05, 0.1) is 25.7 Å². The number of hydrogen-bond acceptors (Lipinski definition) is 4. The highest BCUT2D eigenvalue weighted by Crippen LogP contribution is 2.18. The summed E-state index contributed by atoms with van der Waals surface area (Å²) in [6, 6.07) is 15.5. The van der Waals surface area contributed by atoms with Gasteiger partial charge in [-0.3, -0.25) is 4.79 Å². The van der Waals surface area contributed by atoms with E-state index in [0.29, 0.717) is 18.7 Å². The number of thiophene rings is 1. The largest absolute Gasteiger partial charge is 0.467 e. The highest BCUT2D eigenvalue weighted by molar-refractivity contribution is 7.09. The van der Waals surface area contributed by atoms with E-state index in [1.165, 1.54) is 0 Å². The Hall–Kier alpha value is -3.12. The fourth-order valence-corrected chi connectivity index (χ4v) is 3.63. The quantitative estimate of drug-likeness (QED) is 0.479. The molecule has 0 aliphatic rings. The van der Waals surface area contributed by atoms with Gasteiger partial charge in [0, 0.05) is 29.4 Å². The van der Waals surface area contributed by atoms with E-state index in [1.807, 2.05) is 69.6 Å². The minimum absolute atomic E-state index is 0.00557. The van der Waals surface area contributed by atoms with Crippen LogP contribution in [0.4, 0.5) is 0 Å². The van der Waals surface area contributed by atoms with E-state index < -0.39 is 0 Å². The number of imidazole rings is 1. The lowest BCUT2D eigenvalue weighted by molar-refractivity contribution is 0.0719. The molecule has 1 amide bonds. The van der Waals surface area contributed by atoms with Gasteiger partial charge in [0.25, 0.3) is 5.91 Å². The third-order valence-corrected chi connectivity index (χ3v) is 5.13. The molecule has 3 heterocycles. The molecule has 3 aromatic heterocycles. The first kappa shape index (κ1) is 17.3. The second-order valence-electron chi connectivity index (χ2n) is 6.25. The summed E-state index contributed by atoms with van der Waals surface area (Å²) in [6.45, 7) is 1.74. The van der Waals surface area contributed by atoms with Gasteiger partial charge in [-0.15, -0.1) is 11.3 Å². The molecule has 0 saturated carbocycles. The Balaban J connectivity index is 1.51. The number of hydrogen-bond donors (Lipinski definition) is 0. The first-order valence-corrected chi connectivity index (χ1v) is 9.54. The number of furan rings is 1. The number of carbonyl (C=O) groups is 1. The van der Waals surface area contributed by atoms with Gasteiger partial charge in [-0.25, -0.2) is 4.98 Å². The number of amides is 1. The number of benzene rings is 1. The van der Waals surface area contributed by atoms with E-state index in [9.17, 15) is 4.79 Å². The molecular weight excluding hydrogens is 358 g/mol. The fraction of sp³-hybridized carbons (Fsp3) is 0.143. The van der Waals surface area contributed by atoms with E-state index in [-0.39, 0.29) is 5.91 Å². The molecule has 4 aromatic rings. The van der Waals surface area contributed by atoms with E-state index in [0.717, 1.165) is 22.7 Å². The van der Waals surface area contributed by atoms with Crippen LogP contribution in [0.3, 0.4) is 0 Å². The third kappa shape index (κ3) is 4.35. The lowest BCUT2D eigenvalue weighted by Gasteiger charge is -2.21. The standard InChI is InChI=1S/C21H19N3O2S/c25-21(18-7-5-17(6-8-18)13-23-10-9-22-16-23)24(14-19-3-1-11-26-19)15-20-4-2-12-27-20/h1-12,16H,13-15H2. The maximum absolute atomic E-state index is 13.1. The summed E-state index contributed by atoms with van der Waals surface area (Å²) in [5.74, 6) is 0.769. The van der Waals surface area contributed by atoms with Gasteiger partial charge < -0.3 is 13.9 Å². The lowest BCUT2D eigenvalue weighted by Crippen LogP contribution is -2.29. The highest BCUT2D eigenvalue weighted by Gasteiger charge is 2.18. The maximum Gasteiger partial charge on any atom is 0.254 e. The Labute approximate surface area is 161 Å². The minimum atomic E-state index is -0.00557. The number of nitrogens with zero attached hydrogens (tertiary/aromatic N) is 3. The van der Waals surface area contributed by atoms with Crippen LogP contribution in [-0.2, 0) is 19.6 Å². The lowest BCUT2D eigenvalue weighted by atomic mass is 10.1. The van der Waals surface area contributed by atoms with Crippen molar-refractivity contribution in [2.24, 2.45) is 0 Å². The second kappa shape index (κ2) is 8.05. The Morgan fingerprint density at radius 1 is 1.11 bits per heavy atom. The van der Waals surface area contributed by atoms with Crippen molar-refractivity contribution in [2.45, 2.75) is 19.6 Å². The van der Waals surface area contributed by atoms with E-state index in [4.69, 9.17) is 4.42 Å². The molecule has 0 spiro atoms. The van der Waals surface area contributed by atoms with Gasteiger partial charge in [0.2, 0.25) is 0 Å².